The molecule has 1 amide bonds. The van der Waals surface area contributed by atoms with Gasteiger partial charge in [-0.3, -0.25) is 9.59 Å². The van der Waals surface area contributed by atoms with Crippen molar-refractivity contribution >= 4 is 27.8 Å². The van der Waals surface area contributed by atoms with Crippen molar-refractivity contribution in [1.29, 1.82) is 0 Å². The van der Waals surface area contributed by atoms with Crippen molar-refractivity contribution in [3.05, 3.63) is 34.1 Å². The number of halogens is 2. The van der Waals surface area contributed by atoms with Crippen LogP contribution < -0.4 is 5.32 Å². The van der Waals surface area contributed by atoms with E-state index >= 15 is 0 Å². The maximum absolute atomic E-state index is 13.0. The normalized spacial score (nSPS) is 10.2. The third-order valence-corrected chi connectivity index (χ3v) is 3.30. The molecule has 0 atom stereocenters. The van der Waals surface area contributed by atoms with Gasteiger partial charge in [0.1, 0.15) is 5.82 Å². The lowest BCUT2D eigenvalue weighted by Gasteiger charge is -2.07. The Kier molecular flexibility index (Phi) is 6.49. The van der Waals surface area contributed by atoms with E-state index in [0.717, 1.165) is 4.47 Å². The summed E-state index contributed by atoms with van der Waals surface area (Å²) in [7, 11) is 0. The molecule has 0 saturated heterocycles. The molecule has 0 fully saturated rings. The summed E-state index contributed by atoms with van der Waals surface area (Å²) in [4.78, 5) is 21.8. The fraction of sp³-hybridized carbons (Fsp3) is 0.385. The summed E-state index contributed by atoms with van der Waals surface area (Å²) in [5, 5.41) is 11.1. The van der Waals surface area contributed by atoms with E-state index < -0.39 is 5.97 Å². The molecule has 0 aliphatic heterocycles. The molecule has 0 spiro atoms. The number of carbonyl (C=O) groups excluding carboxylic acids is 1. The average molecular weight is 332 g/mol. The molecule has 0 bridgehead atoms. The van der Waals surface area contributed by atoms with Crippen LogP contribution in [0.5, 0.6) is 0 Å². The highest BCUT2D eigenvalue weighted by atomic mass is 79.9. The van der Waals surface area contributed by atoms with E-state index in [1.165, 1.54) is 12.1 Å². The molecule has 0 aromatic heterocycles. The Labute approximate surface area is 119 Å². The van der Waals surface area contributed by atoms with E-state index in [1.807, 2.05) is 0 Å². The average Bonchev–Trinajstić information content (AvgIpc) is 2.35. The third kappa shape index (κ3) is 6.33. The fourth-order valence-electron chi connectivity index (χ4n) is 1.52. The SMILES string of the molecule is O=C(O)CCCCC(=O)NCc1cc(F)ccc1Br. The van der Waals surface area contributed by atoms with E-state index in [0.29, 0.717) is 18.4 Å². The Bertz CT molecular complexity index is 465. The summed E-state index contributed by atoms with van der Waals surface area (Å²) >= 11 is 3.28. The second kappa shape index (κ2) is 7.89. The maximum Gasteiger partial charge on any atom is 0.303 e. The zero-order chi connectivity index (χ0) is 14.3. The molecule has 6 heteroatoms. The van der Waals surface area contributed by atoms with Crippen molar-refractivity contribution in [2.24, 2.45) is 0 Å². The minimum atomic E-state index is -0.857. The number of aliphatic carboxylic acids is 1. The second-order valence-corrected chi connectivity index (χ2v) is 4.97. The van der Waals surface area contributed by atoms with Crippen molar-refractivity contribution in [3.63, 3.8) is 0 Å². The molecule has 0 saturated carbocycles. The quantitative estimate of drug-likeness (QED) is 0.755. The van der Waals surface area contributed by atoms with Gasteiger partial charge in [-0.15, -0.1) is 0 Å². The molecule has 4 nitrogen and oxygen atoms in total. The number of nitrogens with one attached hydrogen (secondary N) is 1. The van der Waals surface area contributed by atoms with Crippen molar-refractivity contribution < 1.29 is 19.1 Å². The van der Waals surface area contributed by atoms with E-state index in [9.17, 15) is 14.0 Å². The predicted octanol–water partition coefficient (Wildman–Crippen LogP) is 2.85. The smallest absolute Gasteiger partial charge is 0.303 e. The minimum absolute atomic E-state index is 0.0721. The highest BCUT2D eigenvalue weighted by molar-refractivity contribution is 9.10. The highest BCUT2D eigenvalue weighted by Crippen LogP contribution is 2.17. The Morgan fingerprint density at radius 1 is 1.26 bits per heavy atom. The van der Waals surface area contributed by atoms with Gasteiger partial charge in [-0.25, -0.2) is 4.39 Å². The van der Waals surface area contributed by atoms with Crippen LogP contribution in [0.15, 0.2) is 22.7 Å². The Balaban J connectivity index is 2.30. The lowest BCUT2D eigenvalue weighted by Crippen LogP contribution is -2.22. The van der Waals surface area contributed by atoms with Crippen LogP contribution in [-0.4, -0.2) is 17.0 Å². The summed E-state index contributed by atoms with van der Waals surface area (Å²) in [6.07, 6.45) is 1.36. The van der Waals surface area contributed by atoms with E-state index in [1.54, 1.807) is 6.07 Å². The summed E-state index contributed by atoms with van der Waals surface area (Å²) in [5.74, 6) is -1.38. The number of hydrogen-bond acceptors (Lipinski definition) is 2. The summed E-state index contributed by atoms with van der Waals surface area (Å²) in [6, 6.07) is 4.28. The molecule has 2 N–H and O–H groups in total. The summed E-state index contributed by atoms with van der Waals surface area (Å²) < 4.78 is 13.7. The second-order valence-electron chi connectivity index (χ2n) is 4.11. The van der Waals surface area contributed by atoms with Crippen LogP contribution in [0.4, 0.5) is 4.39 Å². The number of benzene rings is 1. The first-order valence-corrected chi connectivity index (χ1v) is 6.71. The van der Waals surface area contributed by atoms with Crippen LogP contribution >= 0.6 is 15.9 Å². The van der Waals surface area contributed by atoms with Gasteiger partial charge in [-0.05, 0) is 36.6 Å². The number of hydrogen-bond donors (Lipinski definition) is 2. The number of rotatable bonds is 7. The molecule has 0 aliphatic rings. The number of unbranched alkanes of at least 4 members (excludes halogenated alkanes) is 1. The predicted molar refractivity (Wildman–Crippen MR) is 72.1 cm³/mol. The Hall–Kier alpha value is -1.43. The molecule has 1 aromatic rings. The monoisotopic (exact) mass is 331 g/mol. The lowest BCUT2D eigenvalue weighted by atomic mass is 10.2. The standard InChI is InChI=1S/C13H15BrFNO3/c14-11-6-5-10(15)7-9(11)8-16-12(17)3-1-2-4-13(18)19/h5-7H,1-4,8H2,(H,16,17)(H,18,19). The van der Waals surface area contributed by atoms with Crippen LogP contribution in [0.3, 0.4) is 0 Å². The molecule has 104 valence electrons. The van der Waals surface area contributed by atoms with Crippen LogP contribution in [0, 0.1) is 5.82 Å². The summed E-state index contributed by atoms with van der Waals surface area (Å²) in [5.41, 5.74) is 0.666. The largest absolute Gasteiger partial charge is 0.481 e. The molecule has 0 aliphatic carbocycles. The van der Waals surface area contributed by atoms with Crippen LogP contribution in [-0.2, 0) is 16.1 Å². The number of carboxylic acids is 1. The van der Waals surface area contributed by atoms with Crippen molar-refractivity contribution in [3.8, 4) is 0 Å². The van der Waals surface area contributed by atoms with Gasteiger partial charge in [0.05, 0.1) is 0 Å². The van der Waals surface area contributed by atoms with Gasteiger partial charge in [-0.2, -0.15) is 0 Å². The van der Waals surface area contributed by atoms with E-state index in [4.69, 9.17) is 5.11 Å². The number of carbonyl (C=O) groups is 2. The first-order chi connectivity index (χ1) is 8.99. The van der Waals surface area contributed by atoms with Crippen molar-refractivity contribution in [2.75, 3.05) is 0 Å². The van der Waals surface area contributed by atoms with E-state index in [-0.39, 0.29) is 31.1 Å². The van der Waals surface area contributed by atoms with Crippen LogP contribution in [0.2, 0.25) is 0 Å². The van der Waals surface area contributed by atoms with Gasteiger partial charge in [0.15, 0.2) is 0 Å². The molecule has 19 heavy (non-hydrogen) atoms. The topological polar surface area (TPSA) is 66.4 Å². The Morgan fingerprint density at radius 2 is 1.95 bits per heavy atom. The van der Waals surface area contributed by atoms with Gasteiger partial charge in [-0.1, -0.05) is 15.9 Å². The Morgan fingerprint density at radius 3 is 2.63 bits per heavy atom. The molecule has 1 rings (SSSR count). The van der Waals surface area contributed by atoms with Gasteiger partial charge in [0.2, 0.25) is 5.91 Å². The zero-order valence-corrected chi connectivity index (χ0v) is 11.9. The van der Waals surface area contributed by atoms with Gasteiger partial charge in [0, 0.05) is 23.9 Å². The first kappa shape index (κ1) is 15.6. The molecule has 0 radical (unpaired) electrons. The van der Waals surface area contributed by atoms with E-state index in [2.05, 4.69) is 21.2 Å². The molecule has 1 aromatic carbocycles. The van der Waals surface area contributed by atoms with Crippen LogP contribution in [0.1, 0.15) is 31.2 Å². The zero-order valence-electron chi connectivity index (χ0n) is 10.3. The van der Waals surface area contributed by atoms with Crippen LogP contribution in [0.25, 0.3) is 0 Å². The van der Waals surface area contributed by atoms with Crippen molar-refractivity contribution in [2.45, 2.75) is 32.2 Å². The highest BCUT2D eigenvalue weighted by Gasteiger charge is 2.05. The lowest BCUT2D eigenvalue weighted by molar-refractivity contribution is -0.137. The third-order valence-electron chi connectivity index (χ3n) is 2.53. The van der Waals surface area contributed by atoms with Gasteiger partial charge in [0.25, 0.3) is 0 Å². The number of carboxylic acid groups (broad SMARTS) is 1. The maximum atomic E-state index is 13.0. The fourth-order valence-corrected chi connectivity index (χ4v) is 1.91. The van der Waals surface area contributed by atoms with Gasteiger partial charge < -0.3 is 10.4 Å². The molecular weight excluding hydrogens is 317 g/mol. The summed E-state index contributed by atoms with van der Waals surface area (Å²) in [6.45, 7) is 0.246. The first-order valence-electron chi connectivity index (χ1n) is 5.91. The number of amides is 1. The molecular formula is C13H15BrFNO3. The van der Waals surface area contributed by atoms with Crippen molar-refractivity contribution in [1.82, 2.24) is 5.32 Å². The molecule has 0 unspecified atom stereocenters. The molecule has 0 heterocycles. The van der Waals surface area contributed by atoms with Gasteiger partial charge >= 0.3 is 5.97 Å². The minimum Gasteiger partial charge on any atom is -0.481 e.